The van der Waals surface area contributed by atoms with Gasteiger partial charge in [-0.2, -0.15) is 0 Å². The molecule has 1 unspecified atom stereocenters. The monoisotopic (exact) mass is 216 g/mol. The third-order valence-corrected chi connectivity index (χ3v) is 1.74. The van der Waals surface area contributed by atoms with Gasteiger partial charge in [0, 0.05) is 6.07 Å². The highest BCUT2D eigenvalue weighted by molar-refractivity contribution is 5.74. The van der Waals surface area contributed by atoms with E-state index in [2.05, 4.69) is 4.74 Å². The maximum atomic E-state index is 12.7. The second-order valence-electron chi connectivity index (χ2n) is 2.86. The van der Waals surface area contributed by atoms with Gasteiger partial charge in [0.15, 0.2) is 17.7 Å². The van der Waals surface area contributed by atoms with E-state index in [1.807, 2.05) is 0 Å². The largest absolute Gasteiger partial charge is 0.479 e. The van der Waals surface area contributed by atoms with Crippen LogP contribution in [0.2, 0.25) is 0 Å². The molecule has 0 radical (unpaired) electrons. The van der Waals surface area contributed by atoms with Crippen LogP contribution in [-0.2, 0) is 9.53 Å². The summed E-state index contributed by atoms with van der Waals surface area (Å²) in [6.45, 7) is 1.45. The Hall–Kier alpha value is -1.65. The molecule has 1 aromatic carbocycles. The molecule has 0 spiro atoms. The Morgan fingerprint density at radius 2 is 2.00 bits per heavy atom. The highest BCUT2D eigenvalue weighted by Crippen LogP contribution is 2.16. The van der Waals surface area contributed by atoms with Crippen molar-refractivity contribution in [1.82, 2.24) is 0 Å². The summed E-state index contributed by atoms with van der Waals surface area (Å²) in [6.07, 6.45) is -0.861. The third kappa shape index (κ3) is 2.90. The molecule has 5 heteroatoms. The Labute approximate surface area is 85.6 Å². The molecule has 82 valence electrons. The summed E-state index contributed by atoms with van der Waals surface area (Å²) < 4.78 is 34.7. The molecule has 0 amide bonds. The fraction of sp³-hybridized carbons (Fsp3) is 0.300. The van der Waals surface area contributed by atoms with Crippen molar-refractivity contribution >= 4 is 5.97 Å². The van der Waals surface area contributed by atoms with Crippen LogP contribution in [0.5, 0.6) is 5.75 Å². The zero-order valence-electron chi connectivity index (χ0n) is 8.29. The Bertz CT molecular complexity index is 366. The lowest BCUT2D eigenvalue weighted by Crippen LogP contribution is -2.24. The first-order valence-corrected chi connectivity index (χ1v) is 4.24. The lowest BCUT2D eigenvalue weighted by Gasteiger charge is -2.12. The van der Waals surface area contributed by atoms with Gasteiger partial charge in [0.05, 0.1) is 7.11 Å². The number of hydrogen-bond acceptors (Lipinski definition) is 3. The molecule has 1 rings (SSSR count). The van der Waals surface area contributed by atoms with Gasteiger partial charge in [-0.3, -0.25) is 0 Å². The van der Waals surface area contributed by atoms with Crippen molar-refractivity contribution in [1.29, 1.82) is 0 Å². The van der Waals surface area contributed by atoms with E-state index < -0.39 is 23.7 Å². The number of ether oxygens (including phenoxy) is 2. The number of benzene rings is 1. The van der Waals surface area contributed by atoms with Crippen LogP contribution in [-0.4, -0.2) is 19.2 Å². The average molecular weight is 216 g/mol. The van der Waals surface area contributed by atoms with Crippen LogP contribution < -0.4 is 4.74 Å². The van der Waals surface area contributed by atoms with Gasteiger partial charge in [0.25, 0.3) is 0 Å². The molecular weight excluding hydrogens is 206 g/mol. The van der Waals surface area contributed by atoms with Crippen molar-refractivity contribution in [2.45, 2.75) is 13.0 Å². The number of halogens is 2. The van der Waals surface area contributed by atoms with Crippen LogP contribution in [0.25, 0.3) is 0 Å². The summed E-state index contributed by atoms with van der Waals surface area (Å²) in [5.41, 5.74) is 0. The molecule has 0 fully saturated rings. The van der Waals surface area contributed by atoms with Crippen LogP contribution >= 0.6 is 0 Å². The molecule has 0 N–H and O–H groups in total. The van der Waals surface area contributed by atoms with Crippen molar-refractivity contribution < 1.29 is 23.0 Å². The standard InChI is InChI=1S/C10H10F2O3/c1-6(10(13)14-2)15-7-3-4-8(11)9(12)5-7/h3-6H,1-2H3. The molecule has 0 saturated carbocycles. The highest BCUT2D eigenvalue weighted by Gasteiger charge is 2.15. The lowest BCUT2D eigenvalue weighted by atomic mass is 10.3. The SMILES string of the molecule is COC(=O)C(C)Oc1ccc(F)c(F)c1. The van der Waals surface area contributed by atoms with Gasteiger partial charge in [0.2, 0.25) is 0 Å². The van der Waals surface area contributed by atoms with E-state index in [9.17, 15) is 13.6 Å². The predicted octanol–water partition coefficient (Wildman–Crippen LogP) is 1.91. The summed E-state index contributed by atoms with van der Waals surface area (Å²) in [6, 6.07) is 3.03. The quantitative estimate of drug-likeness (QED) is 0.724. The first-order chi connectivity index (χ1) is 7.04. The first-order valence-electron chi connectivity index (χ1n) is 4.24. The van der Waals surface area contributed by atoms with E-state index in [0.717, 1.165) is 12.1 Å². The number of carbonyl (C=O) groups excluding carboxylic acids is 1. The molecule has 0 aliphatic rings. The lowest BCUT2D eigenvalue weighted by molar-refractivity contribution is -0.147. The van der Waals surface area contributed by atoms with Gasteiger partial charge in [-0.05, 0) is 19.1 Å². The topological polar surface area (TPSA) is 35.5 Å². The molecular formula is C10H10F2O3. The van der Waals surface area contributed by atoms with Crippen LogP contribution in [0.4, 0.5) is 8.78 Å². The van der Waals surface area contributed by atoms with Crippen molar-refractivity contribution in [2.24, 2.45) is 0 Å². The number of methoxy groups -OCH3 is 1. The minimum Gasteiger partial charge on any atom is -0.479 e. The Kier molecular flexibility index (Phi) is 3.60. The number of carbonyl (C=O) groups is 1. The summed E-state index contributed by atoms with van der Waals surface area (Å²) >= 11 is 0. The summed E-state index contributed by atoms with van der Waals surface area (Å²) in [7, 11) is 1.22. The van der Waals surface area contributed by atoms with E-state index >= 15 is 0 Å². The molecule has 1 aromatic rings. The maximum Gasteiger partial charge on any atom is 0.346 e. The van der Waals surface area contributed by atoms with E-state index in [4.69, 9.17) is 4.74 Å². The molecule has 0 heterocycles. The van der Waals surface area contributed by atoms with Gasteiger partial charge in [-0.25, -0.2) is 13.6 Å². The van der Waals surface area contributed by atoms with Crippen molar-refractivity contribution in [3.63, 3.8) is 0 Å². The van der Waals surface area contributed by atoms with Crippen molar-refractivity contribution in [3.05, 3.63) is 29.8 Å². The molecule has 0 bridgehead atoms. The Morgan fingerprint density at radius 1 is 1.33 bits per heavy atom. The van der Waals surface area contributed by atoms with E-state index in [1.165, 1.54) is 20.1 Å². The number of esters is 1. The zero-order valence-corrected chi connectivity index (χ0v) is 8.29. The molecule has 15 heavy (non-hydrogen) atoms. The minimum absolute atomic E-state index is 0.0757. The summed E-state index contributed by atoms with van der Waals surface area (Å²) in [4.78, 5) is 11.0. The first kappa shape index (κ1) is 11.4. The second kappa shape index (κ2) is 4.72. The van der Waals surface area contributed by atoms with Gasteiger partial charge in [-0.15, -0.1) is 0 Å². The van der Waals surface area contributed by atoms with Crippen LogP contribution in [0.15, 0.2) is 18.2 Å². The van der Waals surface area contributed by atoms with Crippen molar-refractivity contribution in [2.75, 3.05) is 7.11 Å². The van der Waals surface area contributed by atoms with Crippen LogP contribution in [0, 0.1) is 11.6 Å². The van der Waals surface area contributed by atoms with Gasteiger partial charge < -0.3 is 9.47 Å². The molecule has 0 saturated heterocycles. The van der Waals surface area contributed by atoms with E-state index in [-0.39, 0.29) is 5.75 Å². The van der Waals surface area contributed by atoms with Gasteiger partial charge >= 0.3 is 5.97 Å². The fourth-order valence-corrected chi connectivity index (χ4v) is 0.968. The van der Waals surface area contributed by atoms with Gasteiger partial charge in [0.1, 0.15) is 5.75 Å². The third-order valence-electron chi connectivity index (χ3n) is 1.74. The van der Waals surface area contributed by atoms with Crippen LogP contribution in [0.1, 0.15) is 6.92 Å². The minimum atomic E-state index is -1.02. The van der Waals surface area contributed by atoms with E-state index in [1.54, 1.807) is 0 Å². The number of rotatable bonds is 3. The van der Waals surface area contributed by atoms with Gasteiger partial charge in [-0.1, -0.05) is 0 Å². The summed E-state index contributed by atoms with van der Waals surface area (Å²) in [5, 5.41) is 0. The number of hydrogen-bond donors (Lipinski definition) is 0. The normalized spacial score (nSPS) is 12.0. The average Bonchev–Trinajstić information content (AvgIpc) is 2.22. The maximum absolute atomic E-state index is 12.7. The molecule has 1 atom stereocenters. The fourth-order valence-electron chi connectivity index (χ4n) is 0.968. The Morgan fingerprint density at radius 3 is 2.53 bits per heavy atom. The highest BCUT2D eigenvalue weighted by atomic mass is 19.2. The second-order valence-corrected chi connectivity index (χ2v) is 2.86. The smallest absolute Gasteiger partial charge is 0.346 e. The molecule has 0 aliphatic heterocycles. The van der Waals surface area contributed by atoms with Crippen molar-refractivity contribution in [3.8, 4) is 5.75 Å². The Balaban J connectivity index is 2.73. The molecule has 0 aromatic heterocycles. The summed E-state index contributed by atoms with van der Waals surface area (Å²) in [5.74, 6) is -2.50. The van der Waals surface area contributed by atoms with E-state index in [0.29, 0.717) is 0 Å². The molecule has 3 nitrogen and oxygen atoms in total. The predicted molar refractivity (Wildman–Crippen MR) is 48.5 cm³/mol. The molecule has 0 aliphatic carbocycles. The van der Waals surface area contributed by atoms with Crippen LogP contribution in [0.3, 0.4) is 0 Å². The zero-order chi connectivity index (χ0) is 11.4.